The molecule has 0 saturated carbocycles. The number of benzene rings is 1. The molecule has 20 heavy (non-hydrogen) atoms. The molecule has 1 rings (SSSR count). The quantitative estimate of drug-likeness (QED) is 0.767. The molecule has 0 spiro atoms. The average Bonchev–Trinajstić information content (AvgIpc) is 2.36. The number of carbonyl (C=O) groups excluding carboxylic acids is 1. The van der Waals surface area contributed by atoms with Crippen molar-refractivity contribution in [3.05, 3.63) is 35.4 Å². The van der Waals surface area contributed by atoms with Crippen molar-refractivity contribution in [2.75, 3.05) is 0 Å². The third-order valence-electron chi connectivity index (χ3n) is 3.13. The number of rotatable bonds is 5. The van der Waals surface area contributed by atoms with Crippen LogP contribution in [0, 0.1) is 5.41 Å². The minimum absolute atomic E-state index is 0.0778. The molecule has 3 N–H and O–H groups in total. The number of hydrogen-bond acceptors (Lipinski definition) is 3. The van der Waals surface area contributed by atoms with Crippen LogP contribution in [0.5, 0.6) is 0 Å². The Kier molecular flexibility index (Phi) is 5.27. The minimum Gasteiger partial charge on any atom is -0.481 e. The summed E-state index contributed by atoms with van der Waals surface area (Å²) in [4.78, 5) is 23.0. The maximum Gasteiger partial charge on any atom is 0.305 e. The lowest BCUT2D eigenvalue weighted by atomic mass is 9.84. The molecule has 1 unspecified atom stereocenters. The summed E-state index contributed by atoms with van der Waals surface area (Å²) in [6.07, 6.45) is -0.121. The van der Waals surface area contributed by atoms with Crippen molar-refractivity contribution in [1.29, 1.82) is 0 Å². The van der Waals surface area contributed by atoms with E-state index in [1.165, 1.54) is 0 Å². The second-order valence-electron chi connectivity index (χ2n) is 5.84. The lowest BCUT2D eigenvalue weighted by Gasteiger charge is -2.30. The molecular weight excluding hydrogens is 258 g/mol. The minimum atomic E-state index is -0.944. The van der Waals surface area contributed by atoms with Crippen LogP contribution < -0.4 is 5.32 Å². The summed E-state index contributed by atoms with van der Waals surface area (Å²) in [5.41, 5.74) is 0.820. The van der Waals surface area contributed by atoms with Crippen LogP contribution in [0.1, 0.15) is 43.1 Å². The molecule has 0 saturated heterocycles. The Morgan fingerprint density at radius 1 is 1.20 bits per heavy atom. The maximum absolute atomic E-state index is 12.1. The van der Waals surface area contributed by atoms with Gasteiger partial charge in [0.15, 0.2) is 0 Å². The highest BCUT2D eigenvalue weighted by Crippen LogP contribution is 2.22. The van der Waals surface area contributed by atoms with Crippen molar-refractivity contribution in [1.82, 2.24) is 5.32 Å². The predicted octanol–water partition coefficient (Wildman–Crippen LogP) is 1.80. The fourth-order valence-electron chi connectivity index (χ4n) is 1.75. The molecule has 0 aromatic heterocycles. The van der Waals surface area contributed by atoms with Gasteiger partial charge in [0.05, 0.1) is 13.0 Å². The summed E-state index contributed by atoms with van der Waals surface area (Å²) in [5, 5.41) is 20.6. The molecule has 1 aromatic rings. The molecule has 5 heteroatoms. The zero-order chi connectivity index (χ0) is 15.3. The summed E-state index contributed by atoms with van der Waals surface area (Å²) in [6.45, 7) is 5.58. The van der Waals surface area contributed by atoms with Crippen molar-refractivity contribution in [3.63, 3.8) is 0 Å². The van der Waals surface area contributed by atoms with Crippen LogP contribution in [0.3, 0.4) is 0 Å². The smallest absolute Gasteiger partial charge is 0.305 e. The average molecular weight is 279 g/mol. The molecule has 1 atom stereocenters. The van der Waals surface area contributed by atoms with E-state index in [9.17, 15) is 9.59 Å². The SMILES string of the molecule is CC(C)(C)C(CC(=O)O)NC(=O)c1ccc(CO)cc1. The Labute approximate surface area is 118 Å². The normalized spacial score (nSPS) is 12.8. The number of aliphatic hydroxyl groups excluding tert-OH is 1. The van der Waals surface area contributed by atoms with E-state index in [0.29, 0.717) is 5.56 Å². The van der Waals surface area contributed by atoms with E-state index in [1.807, 2.05) is 20.8 Å². The van der Waals surface area contributed by atoms with Crippen molar-refractivity contribution < 1.29 is 19.8 Å². The number of hydrogen-bond donors (Lipinski definition) is 3. The van der Waals surface area contributed by atoms with Gasteiger partial charge in [-0.1, -0.05) is 32.9 Å². The van der Waals surface area contributed by atoms with Gasteiger partial charge in [0.1, 0.15) is 0 Å². The third kappa shape index (κ3) is 4.66. The van der Waals surface area contributed by atoms with Gasteiger partial charge in [0, 0.05) is 11.6 Å². The molecule has 0 aliphatic heterocycles. The molecule has 5 nitrogen and oxygen atoms in total. The highest BCUT2D eigenvalue weighted by atomic mass is 16.4. The number of aliphatic carboxylic acids is 1. The monoisotopic (exact) mass is 279 g/mol. The molecule has 0 bridgehead atoms. The Hall–Kier alpha value is -1.88. The zero-order valence-corrected chi connectivity index (χ0v) is 12.0. The van der Waals surface area contributed by atoms with Gasteiger partial charge in [0.25, 0.3) is 5.91 Å². The van der Waals surface area contributed by atoms with Crippen LogP contribution in [0.25, 0.3) is 0 Å². The number of carboxylic acid groups (broad SMARTS) is 1. The van der Waals surface area contributed by atoms with E-state index < -0.39 is 12.0 Å². The van der Waals surface area contributed by atoms with Crippen molar-refractivity contribution in [2.45, 2.75) is 39.8 Å². The highest BCUT2D eigenvalue weighted by molar-refractivity contribution is 5.94. The first-order valence-electron chi connectivity index (χ1n) is 6.46. The number of aliphatic hydroxyl groups is 1. The lowest BCUT2D eigenvalue weighted by Crippen LogP contribution is -2.45. The number of amides is 1. The Bertz CT molecular complexity index is 474. The van der Waals surface area contributed by atoms with Gasteiger partial charge in [-0.25, -0.2) is 0 Å². The molecular formula is C15H21NO4. The van der Waals surface area contributed by atoms with Crippen molar-refractivity contribution >= 4 is 11.9 Å². The van der Waals surface area contributed by atoms with Gasteiger partial charge in [-0.05, 0) is 23.1 Å². The maximum atomic E-state index is 12.1. The van der Waals surface area contributed by atoms with Gasteiger partial charge < -0.3 is 15.5 Å². The molecule has 1 amide bonds. The molecule has 0 fully saturated rings. The summed E-state index contributed by atoms with van der Waals surface area (Å²) in [7, 11) is 0. The first kappa shape index (κ1) is 16.2. The topological polar surface area (TPSA) is 86.6 Å². The number of carboxylic acids is 1. The van der Waals surface area contributed by atoms with E-state index in [0.717, 1.165) is 5.56 Å². The fourth-order valence-corrected chi connectivity index (χ4v) is 1.75. The lowest BCUT2D eigenvalue weighted by molar-refractivity contribution is -0.138. The summed E-state index contributed by atoms with van der Waals surface area (Å²) in [5.74, 6) is -1.25. The van der Waals surface area contributed by atoms with Crippen molar-refractivity contribution in [2.24, 2.45) is 5.41 Å². The fraction of sp³-hybridized carbons (Fsp3) is 0.467. The largest absolute Gasteiger partial charge is 0.481 e. The van der Waals surface area contributed by atoms with E-state index in [1.54, 1.807) is 24.3 Å². The van der Waals surface area contributed by atoms with Crippen LogP contribution in [0.15, 0.2) is 24.3 Å². The van der Waals surface area contributed by atoms with Crippen LogP contribution in [-0.2, 0) is 11.4 Å². The second kappa shape index (κ2) is 6.52. The third-order valence-corrected chi connectivity index (χ3v) is 3.13. The molecule has 0 radical (unpaired) electrons. The predicted molar refractivity (Wildman–Crippen MR) is 75.3 cm³/mol. The summed E-state index contributed by atoms with van der Waals surface area (Å²) in [6, 6.07) is 6.10. The van der Waals surface area contributed by atoms with E-state index >= 15 is 0 Å². The van der Waals surface area contributed by atoms with E-state index in [4.69, 9.17) is 10.2 Å². The van der Waals surface area contributed by atoms with Gasteiger partial charge >= 0.3 is 5.97 Å². The summed E-state index contributed by atoms with van der Waals surface area (Å²) < 4.78 is 0. The van der Waals surface area contributed by atoms with Gasteiger partial charge in [-0.15, -0.1) is 0 Å². The Morgan fingerprint density at radius 3 is 2.15 bits per heavy atom. The van der Waals surface area contributed by atoms with Crippen LogP contribution in [0.4, 0.5) is 0 Å². The second-order valence-corrected chi connectivity index (χ2v) is 5.84. The van der Waals surface area contributed by atoms with Crippen LogP contribution in [-0.4, -0.2) is 28.1 Å². The molecule has 0 heterocycles. The number of nitrogens with one attached hydrogen (secondary N) is 1. The first-order valence-corrected chi connectivity index (χ1v) is 6.46. The first-order chi connectivity index (χ1) is 9.24. The van der Waals surface area contributed by atoms with Gasteiger partial charge in [-0.2, -0.15) is 0 Å². The van der Waals surface area contributed by atoms with Crippen LogP contribution >= 0.6 is 0 Å². The van der Waals surface area contributed by atoms with Crippen LogP contribution in [0.2, 0.25) is 0 Å². The standard InChI is InChI=1S/C15H21NO4/c1-15(2,3)12(8-13(18)19)16-14(20)11-6-4-10(9-17)5-7-11/h4-7,12,17H,8-9H2,1-3H3,(H,16,20)(H,18,19). The Balaban J connectivity index is 2.81. The molecule has 0 aliphatic carbocycles. The highest BCUT2D eigenvalue weighted by Gasteiger charge is 2.28. The van der Waals surface area contributed by atoms with Gasteiger partial charge in [-0.3, -0.25) is 9.59 Å². The van der Waals surface area contributed by atoms with E-state index in [2.05, 4.69) is 5.32 Å². The molecule has 0 aliphatic rings. The van der Waals surface area contributed by atoms with Crippen molar-refractivity contribution in [3.8, 4) is 0 Å². The summed E-state index contributed by atoms with van der Waals surface area (Å²) >= 11 is 0. The van der Waals surface area contributed by atoms with Gasteiger partial charge in [0.2, 0.25) is 0 Å². The number of carbonyl (C=O) groups is 2. The molecule has 110 valence electrons. The molecule has 1 aromatic carbocycles. The zero-order valence-electron chi connectivity index (χ0n) is 12.0. The van der Waals surface area contributed by atoms with E-state index in [-0.39, 0.29) is 24.3 Å². The Morgan fingerprint density at radius 2 is 1.75 bits per heavy atom.